The molecule has 1 aromatic heterocycles. The van der Waals surface area contributed by atoms with Crippen molar-refractivity contribution in [2.45, 2.75) is 38.0 Å². The fraction of sp³-hybridized carbons (Fsp3) is 0.714. The molecule has 1 aromatic rings. The molecule has 0 aliphatic carbocycles. The minimum Gasteiger partial charge on any atom is -0.464 e. The highest BCUT2D eigenvalue weighted by molar-refractivity contribution is 5.77. The Balaban J connectivity index is 1.64. The average Bonchev–Trinajstić information content (AvgIpc) is 3.03. The van der Waals surface area contributed by atoms with Crippen LogP contribution in [0.25, 0.3) is 0 Å². The molecule has 5 nitrogen and oxygen atoms in total. The van der Waals surface area contributed by atoms with Crippen LogP contribution in [-0.4, -0.2) is 46.7 Å². The number of carbonyl (C=O) groups is 1. The molecule has 0 unspecified atom stereocenters. The second-order valence-electron chi connectivity index (χ2n) is 6.01. The molecule has 0 spiro atoms. The quantitative estimate of drug-likeness (QED) is 0.796. The summed E-state index contributed by atoms with van der Waals surface area (Å²) in [6.45, 7) is 1.61. The summed E-state index contributed by atoms with van der Waals surface area (Å²) in [5, 5.41) is 0. The zero-order chi connectivity index (χ0) is 15.9. The molecular weight excluding hydrogens is 299 g/mol. The molecule has 122 valence electrons. The highest BCUT2D eigenvalue weighted by Gasteiger charge is 2.36. The Labute approximate surface area is 126 Å². The van der Waals surface area contributed by atoms with Crippen LogP contribution in [0.4, 0.5) is 13.2 Å². The zero-order valence-corrected chi connectivity index (χ0v) is 12.3. The van der Waals surface area contributed by atoms with Crippen molar-refractivity contribution in [1.82, 2.24) is 14.5 Å². The molecule has 1 saturated heterocycles. The fourth-order valence-electron chi connectivity index (χ4n) is 3.22. The average molecular weight is 317 g/mol. The largest absolute Gasteiger partial charge is 0.464 e. The number of rotatable bonds is 3. The lowest BCUT2D eigenvalue weighted by atomic mass is 9.98. The van der Waals surface area contributed by atoms with Gasteiger partial charge in [0.05, 0.1) is 6.61 Å². The molecule has 2 aliphatic rings. The lowest BCUT2D eigenvalue weighted by Crippen LogP contribution is -2.40. The SMILES string of the molecule is CN(C[C@H]1CCc2nc(C(F)(F)F)cn2C1)[C@@H]1CCOC1=O. The molecule has 1 fully saturated rings. The number of carbonyl (C=O) groups excluding carboxylic acids is 1. The van der Waals surface area contributed by atoms with Crippen molar-refractivity contribution in [2.75, 3.05) is 20.2 Å². The number of halogens is 3. The van der Waals surface area contributed by atoms with Gasteiger partial charge in [-0.15, -0.1) is 0 Å². The van der Waals surface area contributed by atoms with Crippen LogP contribution in [-0.2, 0) is 28.7 Å². The van der Waals surface area contributed by atoms with Gasteiger partial charge < -0.3 is 9.30 Å². The number of ether oxygens (including phenoxy) is 1. The van der Waals surface area contributed by atoms with E-state index in [2.05, 4.69) is 4.98 Å². The van der Waals surface area contributed by atoms with Crippen LogP contribution in [0.5, 0.6) is 0 Å². The van der Waals surface area contributed by atoms with Crippen LogP contribution in [0.15, 0.2) is 6.20 Å². The molecule has 0 N–H and O–H groups in total. The Morgan fingerprint density at radius 3 is 2.86 bits per heavy atom. The normalized spacial score (nSPS) is 25.4. The molecule has 3 heterocycles. The van der Waals surface area contributed by atoms with E-state index < -0.39 is 11.9 Å². The Bertz CT molecular complexity index is 570. The van der Waals surface area contributed by atoms with E-state index in [9.17, 15) is 18.0 Å². The maximum absolute atomic E-state index is 12.7. The summed E-state index contributed by atoms with van der Waals surface area (Å²) in [5.41, 5.74) is -0.823. The van der Waals surface area contributed by atoms with E-state index in [0.29, 0.717) is 38.4 Å². The smallest absolute Gasteiger partial charge is 0.434 e. The topological polar surface area (TPSA) is 47.4 Å². The number of hydrogen-bond donors (Lipinski definition) is 0. The third-order valence-corrected chi connectivity index (χ3v) is 4.37. The molecule has 0 saturated carbocycles. The minimum atomic E-state index is -4.40. The zero-order valence-electron chi connectivity index (χ0n) is 12.3. The fourth-order valence-corrected chi connectivity index (χ4v) is 3.22. The molecule has 0 aromatic carbocycles. The summed E-state index contributed by atoms with van der Waals surface area (Å²) >= 11 is 0. The monoisotopic (exact) mass is 317 g/mol. The maximum Gasteiger partial charge on any atom is 0.434 e. The lowest BCUT2D eigenvalue weighted by Gasteiger charge is -2.29. The molecular formula is C14H18F3N3O2. The van der Waals surface area contributed by atoms with Gasteiger partial charge in [-0.2, -0.15) is 13.2 Å². The van der Waals surface area contributed by atoms with Gasteiger partial charge in [-0.25, -0.2) is 4.98 Å². The molecule has 3 rings (SSSR count). The summed E-state index contributed by atoms with van der Waals surface area (Å²) in [6.07, 6.45) is -1.32. The first kappa shape index (κ1) is 15.3. The molecule has 0 radical (unpaired) electrons. The first-order chi connectivity index (χ1) is 10.3. The minimum absolute atomic E-state index is 0.207. The van der Waals surface area contributed by atoms with Crippen molar-refractivity contribution in [3.05, 3.63) is 17.7 Å². The predicted octanol–water partition coefficient (Wildman–Crippen LogP) is 1.71. The van der Waals surface area contributed by atoms with E-state index in [1.54, 1.807) is 4.57 Å². The first-order valence-corrected chi connectivity index (χ1v) is 7.34. The number of esters is 1. The molecule has 0 amide bonds. The van der Waals surface area contributed by atoms with Crippen molar-refractivity contribution in [2.24, 2.45) is 5.92 Å². The predicted molar refractivity (Wildman–Crippen MR) is 71.0 cm³/mol. The molecule has 2 aliphatic heterocycles. The molecule has 8 heteroatoms. The summed E-state index contributed by atoms with van der Waals surface area (Å²) in [6, 6.07) is -0.227. The molecule has 0 bridgehead atoms. The third-order valence-electron chi connectivity index (χ3n) is 4.37. The number of likely N-dealkylation sites (N-methyl/N-ethyl adjacent to an activating group) is 1. The standard InChI is InChI=1S/C14H18F3N3O2/c1-19(10-4-5-22-13(10)21)6-9-2-3-12-18-11(14(15,16)17)8-20(12)7-9/h8-10H,2-7H2,1H3/t9-,10-/m1/s1. The Hall–Kier alpha value is -1.57. The van der Waals surface area contributed by atoms with Crippen LogP contribution >= 0.6 is 0 Å². The van der Waals surface area contributed by atoms with Crippen molar-refractivity contribution < 1.29 is 22.7 Å². The van der Waals surface area contributed by atoms with Gasteiger partial charge in [0, 0.05) is 32.1 Å². The second kappa shape index (κ2) is 5.57. The lowest BCUT2D eigenvalue weighted by molar-refractivity contribution is -0.142. The van der Waals surface area contributed by atoms with Crippen LogP contribution in [0.2, 0.25) is 0 Å². The summed E-state index contributed by atoms with van der Waals surface area (Å²) < 4.78 is 44.6. The van der Waals surface area contributed by atoms with Crippen molar-refractivity contribution in [3.63, 3.8) is 0 Å². The van der Waals surface area contributed by atoms with E-state index in [4.69, 9.17) is 4.74 Å². The Morgan fingerprint density at radius 2 is 2.23 bits per heavy atom. The van der Waals surface area contributed by atoms with E-state index in [1.807, 2.05) is 11.9 Å². The number of aromatic nitrogens is 2. The van der Waals surface area contributed by atoms with Gasteiger partial charge >= 0.3 is 12.1 Å². The summed E-state index contributed by atoms with van der Waals surface area (Å²) in [4.78, 5) is 17.2. The number of hydrogen-bond acceptors (Lipinski definition) is 4. The number of cyclic esters (lactones) is 1. The van der Waals surface area contributed by atoms with Crippen molar-refractivity contribution >= 4 is 5.97 Å². The number of aryl methyl sites for hydroxylation is 1. The Morgan fingerprint density at radius 1 is 1.45 bits per heavy atom. The molecule has 22 heavy (non-hydrogen) atoms. The van der Waals surface area contributed by atoms with Gasteiger partial charge in [-0.05, 0) is 19.4 Å². The van der Waals surface area contributed by atoms with Crippen molar-refractivity contribution in [3.8, 4) is 0 Å². The number of fused-ring (bicyclic) bond motifs is 1. The van der Waals surface area contributed by atoms with Crippen molar-refractivity contribution in [1.29, 1.82) is 0 Å². The number of nitrogens with zero attached hydrogens (tertiary/aromatic N) is 3. The first-order valence-electron chi connectivity index (χ1n) is 7.34. The third kappa shape index (κ3) is 2.97. The number of alkyl halides is 3. The van der Waals surface area contributed by atoms with Crippen LogP contribution in [0, 0.1) is 5.92 Å². The van der Waals surface area contributed by atoms with Crippen LogP contribution < -0.4 is 0 Å². The van der Waals surface area contributed by atoms with E-state index in [-0.39, 0.29) is 17.9 Å². The van der Waals surface area contributed by atoms with Gasteiger partial charge in [0.25, 0.3) is 0 Å². The van der Waals surface area contributed by atoms with Crippen LogP contribution in [0.3, 0.4) is 0 Å². The van der Waals surface area contributed by atoms with Gasteiger partial charge in [-0.1, -0.05) is 0 Å². The van der Waals surface area contributed by atoms with Gasteiger partial charge in [0.15, 0.2) is 5.69 Å². The van der Waals surface area contributed by atoms with E-state index in [0.717, 1.165) is 12.6 Å². The summed E-state index contributed by atoms with van der Waals surface area (Å²) in [5.74, 6) is 0.494. The highest BCUT2D eigenvalue weighted by Crippen LogP contribution is 2.31. The second-order valence-corrected chi connectivity index (χ2v) is 6.01. The van der Waals surface area contributed by atoms with Gasteiger partial charge in [0.2, 0.25) is 0 Å². The van der Waals surface area contributed by atoms with Crippen LogP contribution in [0.1, 0.15) is 24.4 Å². The number of imidazole rings is 1. The van der Waals surface area contributed by atoms with Gasteiger partial charge in [-0.3, -0.25) is 9.69 Å². The van der Waals surface area contributed by atoms with E-state index >= 15 is 0 Å². The summed E-state index contributed by atoms with van der Waals surface area (Å²) in [7, 11) is 1.86. The van der Waals surface area contributed by atoms with E-state index in [1.165, 1.54) is 0 Å². The molecule has 2 atom stereocenters. The maximum atomic E-state index is 12.7. The Kier molecular flexibility index (Phi) is 3.88. The van der Waals surface area contributed by atoms with Gasteiger partial charge in [0.1, 0.15) is 11.9 Å². The highest BCUT2D eigenvalue weighted by atomic mass is 19.4.